The summed E-state index contributed by atoms with van der Waals surface area (Å²) in [5.41, 5.74) is -1.64. The third-order valence-electron chi connectivity index (χ3n) is 10.0. The number of Topliss-reactive ketones (excluding diaryl/α,β-unsaturated/α-hetero) is 1. The number of ether oxygens (including phenoxy) is 1. The molecule has 9 atom stereocenters. The fourth-order valence-electron chi connectivity index (χ4n) is 8.51. The fraction of sp³-hybridized carbons (Fsp3) is 0.808. The SMILES string of the molecule is CCC(=O)O[C@]1(C(=O)CCl)[C@@H](C)C[C@H]2[C@@H]3C[C@H](C)C4=CC(=O)CC[C@]4(C)[C@@]3(Cl)[C@@H](O)C[C@@]21C. The van der Waals surface area contributed by atoms with Crippen LogP contribution in [0.15, 0.2) is 11.6 Å². The number of aliphatic hydroxyl groups is 1. The maximum atomic E-state index is 13.4. The number of aliphatic hydroxyl groups excluding tert-OH is 1. The number of esters is 1. The number of alkyl halides is 2. The Hall–Kier alpha value is -0.910. The molecule has 33 heavy (non-hydrogen) atoms. The Kier molecular flexibility index (Phi) is 6.15. The van der Waals surface area contributed by atoms with Crippen molar-refractivity contribution in [3.05, 3.63) is 11.6 Å². The van der Waals surface area contributed by atoms with Gasteiger partial charge in [0.25, 0.3) is 0 Å². The lowest BCUT2D eigenvalue weighted by Crippen LogP contribution is -2.70. The number of carbonyl (C=O) groups is 3. The molecule has 0 bridgehead atoms. The van der Waals surface area contributed by atoms with Gasteiger partial charge in [0.2, 0.25) is 0 Å². The average Bonchev–Trinajstić information content (AvgIpc) is 2.98. The second-order valence-electron chi connectivity index (χ2n) is 11.4. The van der Waals surface area contributed by atoms with Gasteiger partial charge in [0.05, 0.1) is 16.9 Å². The van der Waals surface area contributed by atoms with Crippen molar-refractivity contribution in [1.82, 2.24) is 0 Å². The quantitative estimate of drug-likeness (QED) is 0.442. The minimum absolute atomic E-state index is 0.0244. The van der Waals surface area contributed by atoms with Crippen molar-refractivity contribution in [2.45, 2.75) is 89.7 Å². The van der Waals surface area contributed by atoms with Gasteiger partial charge < -0.3 is 9.84 Å². The summed E-state index contributed by atoms with van der Waals surface area (Å²) < 4.78 is 6.04. The van der Waals surface area contributed by atoms with Gasteiger partial charge in [-0.15, -0.1) is 23.2 Å². The summed E-state index contributed by atoms with van der Waals surface area (Å²) >= 11 is 13.6. The molecule has 3 fully saturated rings. The van der Waals surface area contributed by atoms with Crippen LogP contribution in [0.3, 0.4) is 0 Å². The molecule has 7 heteroatoms. The third-order valence-corrected chi connectivity index (χ3v) is 11.2. The van der Waals surface area contributed by atoms with E-state index in [0.29, 0.717) is 19.3 Å². The zero-order valence-corrected chi connectivity index (χ0v) is 21.8. The molecule has 0 aromatic rings. The minimum Gasteiger partial charge on any atom is -0.450 e. The first-order chi connectivity index (χ1) is 15.3. The van der Waals surface area contributed by atoms with Crippen molar-refractivity contribution in [2.24, 2.45) is 34.5 Å². The molecule has 5 nitrogen and oxygen atoms in total. The van der Waals surface area contributed by atoms with Crippen LogP contribution >= 0.6 is 23.2 Å². The van der Waals surface area contributed by atoms with E-state index in [0.717, 1.165) is 12.0 Å². The zero-order valence-electron chi connectivity index (χ0n) is 20.2. The molecule has 0 aliphatic heterocycles. The number of hydrogen-bond donors (Lipinski definition) is 1. The van der Waals surface area contributed by atoms with E-state index >= 15 is 0 Å². The number of fused-ring (bicyclic) bond motifs is 5. The summed E-state index contributed by atoms with van der Waals surface area (Å²) in [6, 6.07) is 0. The van der Waals surface area contributed by atoms with Gasteiger partial charge in [-0.2, -0.15) is 0 Å². The van der Waals surface area contributed by atoms with Crippen LogP contribution in [0.25, 0.3) is 0 Å². The molecule has 0 radical (unpaired) electrons. The summed E-state index contributed by atoms with van der Waals surface area (Å²) in [5.74, 6) is -1.08. The molecular formula is C26H36Cl2O5. The van der Waals surface area contributed by atoms with Gasteiger partial charge in [-0.05, 0) is 49.5 Å². The normalized spacial score (nSPS) is 48.9. The topological polar surface area (TPSA) is 80.7 Å². The second kappa shape index (κ2) is 8.06. The molecule has 1 N–H and O–H groups in total. The van der Waals surface area contributed by atoms with E-state index in [-0.39, 0.29) is 54.0 Å². The molecule has 4 aliphatic carbocycles. The summed E-state index contributed by atoms with van der Waals surface area (Å²) in [4.78, 5) is 37.3. The Labute approximate surface area is 206 Å². The van der Waals surface area contributed by atoms with Gasteiger partial charge in [0.15, 0.2) is 17.2 Å². The van der Waals surface area contributed by atoms with Crippen molar-refractivity contribution in [2.75, 3.05) is 5.88 Å². The van der Waals surface area contributed by atoms with Crippen LogP contribution in [0.2, 0.25) is 0 Å². The van der Waals surface area contributed by atoms with Gasteiger partial charge in [0.1, 0.15) is 0 Å². The summed E-state index contributed by atoms with van der Waals surface area (Å²) in [7, 11) is 0. The molecule has 0 heterocycles. The average molecular weight is 499 g/mol. The standard InChI is InChI=1S/C26H36Cl2O5/c1-6-22(32)33-26(21(31)13-27)15(3)10-18-19-9-14(2)17-11-16(29)7-8-23(17,4)25(19,28)20(30)12-24(18,26)5/h11,14-15,18-20,30H,6-10,12-13H2,1-5H3/t14-,15-,18-,19-,20-,23-,24-,25-,26-/m0/s1. The summed E-state index contributed by atoms with van der Waals surface area (Å²) in [6.45, 7) is 9.88. The molecule has 184 valence electrons. The Morgan fingerprint density at radius 1 is 1.21 bits per heavy atom. The Balaban J connectivity index is 1.87. The maximum Gasteiger partial charge on any atom is 0.306 e. The lowest BCUT2D eigenvalue weighted by molar-refractivity contribution is -0.202. The van der Waals surface area contributed by atoms with Crippen LogP contribution in [-0.2, 0) is 19.1 Å². The summed E-state index contributed by atoms with van der Waals surface area (Å²) in [5, 5.41) is 11.8. The number of hydrogen-bond acceptors (Lipinski definition) is 5. The highest BCUT2D eigenvalue weighted by Crippen LogP contribution is 2.73. The monoisotopic (exact) mass is 498 g/mol. The van der Waals surface area contributed by atoms with Crippen LogP contribution in [-0.4, -0.2) is 45.1 Å². The number of rotatable bonds is 4. The molecule has 0 unspecified atom stereocenters. The molecule has 0 aromatic heterocycles. The molecule has 0 aromatic carbocycles. The highest BCUT2D eigenvalue weighted by molar-refractivity contribution is 6.29. The molecule has 0 amide bonds. The van der Waals surface area contributed by atoms with Gasteiger partial charge in [-0.1, -0.05) is 40.2 Å². The molecular weight excluding hydrogens is 463 g/mol. The second-order valence-corrected chi connectivity index (χ2v) is 12.3. The first kappa shape index (κ1) is 25.2. The molecule has 0 saturated heterocycles. The van der Waals surface area contributed by atoms with Gasteiger partial charge in [0, 0.05) is 29.6 Å². The van der Waals surface area contributed by atoms with Crippen molar-refractivity contribution in [3.8, 4) is 0 Å². The lowest BCUT2D eigenvalue weighted by atomic mass is 9.43. The lowest BCUT2D eigenvalue weighted by Gasteiger charge is -2.66. The van der Waals surface area contributed by atoms with E-state index in [1.807, 2.05) is 13.8 Å². The van der Waals surface area contributed by atoms with E-state index in [9.17, 15) is 19.5 Å². The predicted octanol–water partition coefficient (Wildman–Crippen LogP) is 4.84. The van der Waals surface area contributed by atoms with E-state index in [4.69, 9.17) is 27.9 Å². The Morgan fingerprint density at radius 3 is 2.48 bits per heavy atom. The van der Waals surface area contributed by atoms with Crippen LogP contribution in [0, 0.1) is 34.5 Å². The fourth-order valence-corrected chi connectivity index (χ4v) is 9.23. The van der Waals surface area contributed by atoms with E-state index in [2.05, 4.69) is 13.8 Å². The number of allylic oxidation sites excluding steroid dienone is 1. The smallest absolute Gasteiger partial charge is 0.306 e. The first-order valence-electron chi connectivity index (χ1n) is 12.3. The Bertz CT molecular complexity index is 916. The highest BCUT2D eigenvalue weighted by atomic mass is 35.5. The van der Waals surface area contributed by atoms with Gasteiger partial charge in [-0.3, -0.25) is 14.4 Å². The van der Waals surface area contributed by atoms with E-state index < -0.39 is 33.4 Å². The van der Waals surface area contributed by atoms with Crippen molar-refractivity contribution in [1.29, 1.82) is 0 Å². The van der Waals surface area contributed by atoms with Gasteiger partial charge in [-0.25, -0.2) is 0 Å². The molecule has 4 rings (SSSR count). The number of ketones is 2. The molecule has 4 aliphatic rings. The molecule has 0 spiro atoms. The van der Waals surface area contributed by atoms with Gasteiger partial charge >= 0.3 is 5.97 Å². The van der Waals surface area contributed by atoms with Crippen molar-refractivity contribution >= 4 is 40.7 Å². The largest absolute Gasteiger partial charge is 0.450 e. The van der Waals surface area contributed by atoms with Crippen LogP contribution in [0.4, 0.5) is 0 Å². The van der Waals surface area contributed by atoms with Crippen molar-refractivity contribution in [3.63, 3.8) is 0 Å². The minimum atomic E-state index is -1.38. The maximum absolute atomic E-state index is 13.4. The van der Waals surface area contributed by atoms with Crippen LogP contribution < -0.4 is 0 Å². The highest BCUT2D eigenvalue weighted by Gasteiger charge is 2.76. The third kappa shape index (κ3) is 3.04. The van der Waals surface area contributed by atoms with Crippen LogP contribution in [0.5, 0.6) is 0 Å². The van der Waals surface area contributed by atoms with E-state index in [1.165, 1.54) is 0 Å². The van der Waals surface area contributed by atoms with E-state index in [1.54, 1.807) is 13.0 Å². The number of halogens is 2. The Morgan fingerprint density at radius 2 is 1.88 bits per heavy atom. The number of carbonyl (C=O) groups excluding carboxylic acids is 3. The predicted molar refractivity (Wildman–Crippen MR) is 127 cm³/mol. The summed E-state index contributed by atoms with van der Waals surface area (Å²) in [6.07, 6.45) is 3.65. The van der Waals surface area contributed by atoms with Crippen molar-refractivity contribution < 1.29 is 24.2 Å². The zero-order chi connectivity index (χ0) is 24.6. The molecule has 3 saturated carbocycles. The van der Waals surface area contributed by atoms with Crippen LogP contribution in [0.1, 0.15) is 73.1 Å². The first-order valence-corrected chi connectivity index (χ1v) is 13.2.